The van der Waals surface area contributed by atoms with Crippen LogP contribution >= 0.6 is 0 Å². The quantitative estimate of drug-likeness (QED) is 0.676. The Morgan fingerprint density at radius 3 is 2.94 bits per heavy atom. The van der Waals surface area contributed by atoms with Gasteiger partial charge in [-0.2, -0.15) is 0 Å². The van der Waals surface area contributed by atoms with E-state index in [4.69, 9.17) is 14.2 Å². The van der Waals surface area contributed by atoms with E-state index in [1.54, 1.807) is 13.0 Å². The van der Waals surface area contributed by atoms with Crippen molar-refractivity contribution in [2.75, 3.05) is 13.2 Å². The number of esters is 1. The van der Waals surface area contributed by atoms with E-state index >= 15 is 0 Å². The van der Waals surface area contributed by atoms with E-state index in [1.807, 2.05) is 0 Å². The first-order valence-electron chi connectivity index (χ1n) is 5.73. The summed E-state index contributed by atoms with van der Waals surface area (Å²) in [6.07, 6.45) is 3.44. The third-order valence-electron chi connectivity index (χ3n) is 2.19. The Kier molecular flexibility index (Phi) is 5.32. The van der Waals surface area contributed by atoms with Crippen molar-refractivity contribution in [3.63, 3.8) is 0 Å². The van der Waals surface area contributed by atoms with Gasteiger partial charge in [0.2, 0.25) is 0 Å². The summed E-state index contributed by atoms with van der Waals surface area (Å²) in [6, 6.07) is 0. The smallest absolute Gasteiger partial charge is 0.313 e. The Morgan fingerprint density at radius 1 is 1.56 bits per heavy atom. The first kappa shape index (κ1) is 13.0. The van der Waals surface area contributed by atoms with Gasteiger partial charge in [0.25, 0.3) is 0 Å². The highest BCUT2D eigenvalue weighted by atomic mass is 16.7. The van der Waals surface area contributed by atoms with E-state index in [0.717, 1.165) is 0 Å². The number of carbonyl (C=O) groups is 1. The molecule has 1 aliphatic rings. The third-order valence-corrected chi connectivity index (χ3v) is 2.19. The van der Waals surface area contributed by atoms with Gasteiger partial charge >= 0.3 is 5.97 Å². The Hall–Kier alpha value is -1.03. The van der Waals surface area contributed by atoms with E-state index in [2.05, 4.69) is 13.8 Å². The molecule has 0 saturated heterocycles. The maximum Gasteiger partial charge on any atom is 0.313 e. The molecule has 16 heavy (non-hydrogen) atoms. The van der Waals surface area contributed by atoms with E-state index in [9.17, 15) is 4.79 Å². The second kappa shape index (κ2) is 6.53. The van der Waals surface area contributed by atoms with Crippen LogP contribution in [0, 0.1) is 11.8 Å². The fourth-order valence-electron chi connectivity index (χ4n) is 1.40. The molecule has 4 nitrogen and oxygen atoms in total. The van der Waals surface area contributed by atoms with Crippen LogP contribution in [0.3, 0.4) is 0 Å². The lowest BCUT2D eigenvalue weighted by atomic mass is 10.0. The van der Waals surface area contributed by atoms with Crippen LogP contribution in [-0.2, 0) is 19.0 Å². The topological polar surface area (TPSA) is 44.8 Å². The fourth-order valence-corrected chi connectivity index (χ4v) is 1.40. The van der Waals surface area contributed by atoms with Crippen LogP contribution in [-0.4, -0.2) is 25.5 Å². The molecule has 1 aliphatic heterocycles. The summed E-state index contributed by atoms with van der Waals surface area (Å²) in [5.74, 6) is 0.00149. The van der Waals surface area contributed by atoms with Crippen LogP contribution in [0.2, 0.25) is 0 Å². The standard InChI is InChI=1S/C12H20O4/c1-4-14-12(13)10-5-6-15-11(7-10)16-8-9(2)3/h5-6,9-11H,4,7-8H2,1-3H3/t10-,11+/m0/s1. The number of hydrogen-bond acceptors (Lipinski definition) is 4. The Labute approximate surface area is 96.6 Å². The first-order valence-corrected chi connectivity index (χ1v) is 5.73. The molecular weight excluding hydrogens is 208 g/mol. The van der Waals surface area contributed by atoms with E-state index in [-0.39, 0.29) is 18.2 Å². The first-order chi connectivity index (χ1) is 7.63. The molecule has 0 spiro atoms. The lowest BCUT2D eigenvalue weighted by Gasteiger charge is -2.25. The van der Waals surface area contributed by atoms with Crippen molar-refractivity contribution >= 4 is 5.97 Å². The van der Waals surface area contributed by atoms with Crippen LogP contribution in [0.1, 0.15) is 27.2 Å². The van der Waals surface area contributed by atoms with Gasteiger partial charge < -0.3 is 14.2 Å². The van der Waals surface area contributed by atoms with Gasteiger partial charge in [-0.1, -0.05) is 13.8 Å². The van der Waals surface area contributed by atoms with Gasteiger partial charge in [-0.25, -0.2) is 0 Å². The molecule has 0 aromatic carbocycles. The third kappa shape index (κ3) is 4.23. The van der Waals surface area contributed by atoms with Gasteiger partial charge in [0, 0.05) is 6.42 Å². The molecule has 92 valence electrons. The highest BCUT2D eigenvalue weighted by molar-refractivity contribution is 5.74. The lowest BCUT2D eigenvalue weighted by Crippen LogP contribution is -2.28. The average molecular weight is 228 g/mol. The maximum atomic E-state index is 11.5. The van der Waals surface area contributed by atoms with Crippen molar-refractivity contribution in [2.45, 2.75) is 33.5 Å². The number of rotatable bonds is 5. The molecule has 0 aromatic rings. The van der Waals surface area contributed by atoms with Gasteiger partial charge in [0.05, 0.1) is 25.4 Å². The Balaban J connectivity index is 2.38. The number of carbonyl (C=O) groups excluding carboxylic acids is 1. The molecule has 1 rings (SSSR count). The predicted molar refractivity (Wildman–Crippen MR) is 59.5 cm³/mol. The maximum absolute atomic E-state index is 11.5. The SMILES string of the molecule is CCOC(=O)[C@H]1C=CO[C@H](OCC(C)C)C1. The summed E-state index contributed by atoms with van der Waals surface area (Å²) in [7, 11) is 0. The predicted octanol–water partition coefficient (Wildman–Crippen LogP) is 2.10. The zero-order valence-electron chi connectivity index (χ0n) is 10.1. The van der Waals surface area contributed by atoms with Gasteiger partial charge in [-0.05, 0) is 18.9 Å². The monoisotopic (exact) mass is 228 g/mol. The van der Waals surface area contributed by atoms with Crippen molar-refractivity contribution in [1.82, 2.24) is 0 Å². The van der Waals surface area contributed by atoms with Gasteiger partial charge in [-0.3, -0.25) is 4.79 Å². The van der Waals surface area contributed by atoms with Gasteiger partial charge in [0.15, 0.2) is 6.29 Å². The lowest BCUT2D eigenvalue weighted by molar-refractivity contribution is -0.158. The summed E-state index contributed by atoms with van der Waals surface area (Å²) < 4.78 is 15.8. The molecule has 0 bridgehead atoms. The highest BCUT2D eigenvalue weighted by Gasteiger charge is 2.26. The minimum Gasteiger partial charge on any atom is -0.473 e. The minimum atomic E-state index is -0.332. The average Bonchev–Trinajstić information content (AvgIpc) is 2.27. The van der Waals surface area contributed by atoms with Crippen molar-refractivity contribution in [3.8, 4) is 0 Å². The summed E-state index contributed by atoms with van der Waals surface area (Å²) in [5.41, 5.74) is 0. The molecule has 0 saturated carbocycles. The largest absolute Gasteiger partial charge is 0.473 e. The molecule has 0 unspecified atom stereocenters. The highest BCUT2D eigenvalue weighted by Crippen LogP contribution is 2.20. The number of hydrogen-bond donors (Lipinski definition) is 0. The Morgan fingerprint density at radius 2 is 2.31 bits per heavy atom. The van der Waals surface area contributed by atoms with E-state index in [1.165, 1.54) is 6.26 Å². The van der Waals surface area contributed by atoms with Gasteiger partial charge in [-0.15, -0.1) is 0 Å². The van der Waals surface area contributed by atoms with Crippen molar-refractivity contribution in [1.29, 1.82) is 0 Å². The van der Waals surface area contributed by atoms with Crippen LogP contribution in [0.4, 0.5) is 0 Å². The van der Waals surface area contributed by atoms with Crippen molar-refractivity contribution in [3.05, 3.63) is 12.3 Å². The van der Waals surface area contributed by atoms with Crippen LogP contribution in [0.15, 0.2) is 12.3 Å². The zero-order chi connectivity index (χ0) is 12.0. The molecule has 2 atom stereocenters. The normalized spacial score (nSPS) is 24.2. The molecule has 0 aliphatic carbocycles. The number of ether oxygens (including phenoxy) is 3. The van der Waals surface area contributed by atoms with Crippen LogP contribution in [0.5, 0.6) is 0 Å². The Bertz CT molecular complexity index is 247. The molecule has 0 fully saturated rings. The summed E-state index contributed by atoms with van der Waals surface area (Å²) in [5, 5.41) is 0. The second-order valence-electron chi connectivity index (χ2n) is 4.22. The molecular formula is C12H20O4. The molecule has 0 amide bonds. The molecule has 4 heteroatoms. The van der Waals surface area contributed by atoms with E-state index in [0.29, 0.717) is 25.6 Å². The van der Waals surface area contributed by atoms with E-state index < -0.39 is 0 Å². The molecule has 1 heterocycles. The summed E-state index contributed by atoms with van der Waals surface area (Å²) in [4.78, 5) is 11.5. The molecule has 0 N–H and O–H groups in total. The van der Waals surface area contributed by atoms with Crippen molar-refractivity contribution in [2.24, 2.45) is 11.8 Å². The fraction of sp³-hybridized carbons (Fsp3) is 0.750. The molecule has 0 radical (unpaired) electrons. The zero-order valence-corrected chi connectivity index (χ0v) is 10.1. The summed E-state index contributed by atoms with van der Waals surface area (Å²) >= 11 is 0. The van der Waals surface area contributed by atoms with Gasteiger partial charge in [0.1, 0.15) is 0 Å². The van der Waals surface area contributed by atoms with Crippen molar-refractivity contribution < 1.29 is 19.0 Å². The minimum absolute atomic E-state index is 0.208. The van der Waals surface area contributed by atoms with Crippen LogP contribution in [0.25, 0.3) is 0 Å². The second-order valence-corrected chi connectivity index (χ2v) is 4.22. The van der Waals surface area contributed by atoms with Crippen LogP contribution < -0.4 is 0 Å². The summed E-state index contributed by atoms with van der Waals surface area (Å²) in [6.45, 7) is 6.98. The molecule has 0 aromatic heterocycles.